The van der Waals surface area contributed by atoms with Crippen LogP contribution in [0.4, 0.5) is 5.69 Å². The molecular weight excluding hydrogens is 318 g/mol. The lowest BCUT2D eigenvalue weighted by molar-refractivity contribution is -0.387. The minimum atomic E-state index is -3.91. The van der Waals surface area contributed by atoms with Crippen molar-refractivity contribution in [3.8, 4) is 0 Å². The standard InChI is InChI=1S/C15H23N3O4S/c1-3-11-17(13-7-9-16-10-8-13)23(21,22)15-12(2)5-4-6-14(15)18(19)20/h4-6,13,16H,3,7-11H2,1-2H3. The highest BCUT2D eigenvalue weighted by molar-refractivity contribution is 7.89. The molecule has 0 spiro atoms. The Balaban J connectivity index is 2.51. The average molecular weight is 341 g/mol. The summed E-state index contributed by atoms with van der Waals surface area (Å²) in [6.07, 6.45) is 2.11. The van der Waals surface area contributed by atoms with Gasteiger partial charge in [0.15, 0.2) is 4.90 Å². The number of nitro groups is 1. The first-order chi connectivity index (χ1) is 10.9. The van der Waals surface area contributed by atoms with E-state index in [0.29, 0.717) is 18.5 Å². The number of hydrogen-bond acceptors (Lipinski definition) is 5. The summed E-state index contributed by atoms with van der Waals surface area (Å²) >= 11 is 0. The summed E-state index contributed by atoms with van der Waals surface area (Å²) in [5.74, 6) is 0. The number of aryl methyl sites for hydroxylation is 1. The molecule has 1 aromatic rings. The van der Waals surface area contributed by atoms with Crippen molar-refractivity contribution >= 4 is 15.7 Å². The summed E-state index contributed by atoms with van der Waals surface area (Å²) in [4.78, 5) is 10.5. The van der Waals surface area contributed by atoms with Crippen molar-refractivity contribution in [3.63, 3.8) is 0 Å². The summed E-state index contributed by atoms with van der Waals surface area (Å²) in [5, 5.41) is 14.5. The second kappa shape index (κ2) is 7.37. The molecule has 8 heteroatoms. The number of benzene rings is 1. The molecule has 0 unspecified atom stereocenters. The van der Waals surface area contributed by atoms with Crippen molar-refractivity contribution in [2.45, 2.75) is 44.0 Å². The van der Waals surface area contributed by atoms with Crippen LogP contribution in [0.1, 0.15) is 31.7 Å². The van der Waals surface area contributed by atoms with Gasteiger partial charge >= 0.3 is 0 Å². The molecule has 7 nitrogen and oxygen atoms in total. The monoisotopic (exact) mass is 341 g/mol. The zero-order chi connectivity index (χ0) is 17.0. The molecular formula is C15H23N3O4S. The average Bonchev–Trinajstić information content (AvgIpc) is 2.52. The lowest BCUT2D eigenvalue weighted by atomic mass is 10.1. The second-order valence-corrected chi connectivity index (χ2v) is 7.60. The first-order valence-electron chi connectivity index (χ1n) is 7.86. The van der Waals surface area contributed by atoms with Crippen molar-refractivity contribution in [1.82, 2.24) is 9.62 Å². The highest BCUT2D eigenvalue weighted by atomic mass is 32.2. The topological polar surface area (TPSA) is 92.6 Å². The smallest absolute Gasteiger partial charge is 0.289 e. The maximum atomic E-state index is 13.2. The van der Waals surface area contributed by atoms with Crippen LogP contribution in [0, 0.1) is 17.0 Å². The fourth-order valence-corrected chi connectivity index (χ4v) is 5.19. The largest absolute Gasteiger partial charge is 0.317 e. The van der Waals surface area contributed by atoms with E-state index in [1.807, 2.05) is 6.92 Å². The SMILES string of the molecule is CCCN(C1CCNCC1)S(=O)(=O)c1c(C)cccc1[N+](=O)[O-]. The summed E-state index contributed by atoms with van der Waals surface area (Å²) in [7, 11) is -3.91. The summed E-state index contributed by atoms with van der Waals surface area (Å²) in [6.45, 7) is 5.41. The van der Waals surface area contributed by atoms with Gasteiger partial charge in [0.1, 0.15) is 0 Å². The maximum Gasteiger partial charge on any atom is 0.289 e. The minimum absolute atomic E-state index is 0.111. The van der Waals surface area contributed by atoms with Crippen LogP contribution >= 0.6 is 0 Å². The van der Waals surface area contributed by atoms with Gasteiger partial charge in [0.2, 0.25) is 10.0 Å². The second-order valence-electron chi connectivity index (χ2n) is 5.78. The van der Waals surface area contributed by atoms with Crippen molar-refractivity contribution in [2.75, 3.05) is 19.6 Å². The summed E-state index contributed by atoms with van der Waals surface area (Å²) in [5.41, 5.74) is 0.0641. The van der Waals surface area contributed by atoms with Crippen LogP contribution in [0.15, 0.2) is 23.1 Å². The third-order valence-electron chi connectivity index (χ3n) is 4.11. The number of nitro benzene ring substituents is 1. The van der Waals surface area contributed by atoms with E-state index >= 15 is 0 Å². The predicted octanol–water partition coefficient (Wildman–Crippen LogP) is 2.06. The van der Waals surface area contributed by atoms with Gasteiger partial charge in [-0.05, 0) is 44.8 Å². The van der Waals surface area contributed by atoms with Crippen LogP contribution in [0.2, 0.25) is 0 Å². The highest BCUT2D eigenvalue weighted by Crippen LogP contribution is 2.32. The first-order valence-corrected chi connectivity index (χ1v) is 9.30. The third-order valence-corrected chi connectivity index (χ3v) is 6.26. The number of piperidine rings is 1. The van der Waals surface area contributed by atoms with Gasteiger partial charge < -0.3 is 5.32 Å². The molecule has 0 amide bonds. The van der Waals surface area contributed by atoms with Gasteiger partial charge in [-0.2, -0.15) is 4.31 Å². The fourth-order valence-electron chi connectivity index (χ4n) is 3.05. The van der Waals surface area contributed by atoms with Crippen LogP contribution in [0.3, 0.4) is 0 Å². The zero-order valence-electron chi connectivity index (χ0n) is 13.5. The van der Waals surface area contributed by atoms with E-state index in [0.717, 1.165) is 25.9 Å². The fraction of sp³-hybridized carbons (Fsp3) is 0.600. The number of nitrogens with zero attached hydrogens (tertiary/aromatic N) is 2. The molecule has 2 rings (SSSR count). The molecule has 128 valence electrons. The molecule has 1 aliphatic rings. The lowest BCUT2D eigenvalue weighted by Crippen LogP contribution is -2.46. The Morgan fingerprint density at radius 2 is 2.00 bits per heavy atom. The van der Waals surface area contributed by atoms with E-state index in [4.69, 9.17) is 0 Å². The molecule has 0 radical (unpaired) electrons. The number of nitrogens with one attached hydrogen (secondary N) is 1. The third kappa shape index (κ3) is 3.70. The molecule has 0 aliphatic carbocycles. The Kier molecular flexibility index (Phi) is 5.72. The number of hydrogen-bond donors (Lipinski definition) is 1. The molecule has 0 atom stereocenters. The van der Waals surface area contributed by atoms with E-state index in [9.17, 15) is 18.5 Å². The van der Waals surface area contributed by atoms with E-state index in [-0.39, 0.29) is 16.6 Å². The van der Waals surface area contributed by atoms with Gasteiger partial charge in [0.05, 0.1) is 4.92 Å². The molecule has 1 heterocycles. The van der Waals surface area contributed by atoms with Gasteiger partial charge in [-0.3, -0.25) is 10.1 Å². The van der Waals surface area contributed by atoms with E-state index in [1.165, 1.54) is 16.4 Å². The molecule has 1 fully saturated rings. The lowest BCUT2D eigenvalue weighted by Gasteiger charge is -2.33. The van der Waals surface area contributed by atoms with Crippen molar-refractivity contribution < 1.29 is 13.3 Å². The van der Waals surface area contributed by atoms with Gasteiger partial charge in [-0.25, -0.2) is 8.42 Å². The Labute approximate surface area is 136 Å². The molecule has 0 saturated carbocycles. The molecule has 1 N–H and O–H groups in total. The zero-order valence-corrected chi connectivity index (χ0v) is 14.3. The van der Waals surface area contributed by atoms with E-state index in [1.54, 1.807) is 13.0 Å². The van der Waals surface area contributed by atoms with Gasteiger partial charge in [-0.1, -0.05) is 19.1 Å². The Bertz CT molecular complexity index is 669. The number of sulfonamides is 1. The molecule has 1 aliphatic heterocycles. The summed E-state index contributed by atoms with van der Waals surface area (Å²) in [6, 6.07) is 4.26. The minimum Gasteiger partial charge on any atom is -0.317 e. The predicted molar refractivity (Wildman–Crippen MR) is 87.9 cm³/mol. The molecule has 0 aromatic heterocycles. The van der Waals surface area contributed by atoms with Crippen molar-refractivity contribution in [2.24, 2.45) is 0 Å². The molecule has 0 bridgehead atoms. The van der Waals surface area contributed by atoms with Crippen LogP contribution in [0.25, 0.3) is 0 Å². The van der Waals surface area contributed by atoms with Gasteiger partial charge in [-0.15, -0.1) is 0 Å². The summed E-state index contributed by atoms with van der Waals surface area (Å²) < 4.78 is 27.8. The quantitative estimate of drug-likeness (QED) is 0.631. The van der Waals surface area contributed by atoms with Crippen LogP contribution in [-0.2, 0) is 10.0 Å². The Morgan fingerprint density at radius 3 is 2.57 bits per heavy atom. The van der Waals surface area contributed by atoms with E-state index < -0.39 is 14.9 Å². The maximum absolute atomic E-state index is 13.2. The van der Waals surface area contributed by atoms with Gasteiger partial charge in [0, 0.05) is 18.7 Å². The molecule has 23 heavy (non-hydrogen) atoms. The molecule has 1 saturated heterocycles. The highest BCUT2D eigenvalue weighted by Gasteiger charge is 2.37. The number of rotatable bonds is 6. The van der Waals surface area contributed by atoms with Crippen LogP contribution in [0.5, 0.6) is 0 Å². The van der Waals surface area contributed by atoms with Gasteiger partial charge in [0.25, 0.3) is 5.69 Å². The van der Waals surface area contributed by atoms with Crippen molar-refractivity contribution in [1.29, 1.82) is 0 Å². The van der Waals surface area contributed by atoms with Crippen LogP contribution < -0.4 is 5.32 Å². The normalized spacial score (nSPS) is 16.7. The Hall–Kier alpha value is -1.51. The first kappa shape index (κ1) is 17.8. The van der Waals surface area contributed by atoms with Crippen molar-refractivity contribution in [3.05, 3.63) is 33.9 Å². The molecule has 1 aromatic carbocycles. The van der Waals surface area contributed by atoms with Crippen LogP contribution in [-0.4, -0.2) is 43.3 Å². The van der Waals surface area contributed by atoms with E-state index in [2.05, 4.69) is 5.32 Å². The Morgan fingerprint density at radius 1 is 1.35 bits per heavy atom.